The molecule has 0 N–H and O–H groups in total. The summed E-state index contributed by atoms with van der Waals surface area (Å²) in [6.07, 6.45) is -0.808. The molecule has 2 aromatic rings. The quantitative estimate of drug-likeness (QED) is 0.592. The Kier molecular flexibility index (Phi) is 4.88. The lowest BCUT2D eigenvalue weighted by Crippen LogP contribution is -2.35. The van der Waals surface area contributed by atoms with E-state index >= 15 is 0 Å². The van der Waals surface area contributed by atoms with Gasteiger partial charge in [0.25, 0.3) is 0 Å². The largest absolute Gasteiger partial charge is 0.493 e. The van der Waals surface area contributed by atoms with Gasteiger partial charge in [0.05, 0.1) is 29.8 Å². The van der Waals surface area contributed by atoms with Crippen LogP contribution < -0.4 is 9.47 Å². The van der Waals surface area contributed by atoms with Crippen molar-refractivity contribution in [3.05, 3.63) is 57.1 Å². The van der Waals surface area contributed by atoms with E-state index in [0.717, 1.165) is 0 Å². The summed E-state index contributed by atoms with van der Waals surface area (Å²) in [6.45, 7) is 0. The van der Waals surface area contributed by atoms with E-state index in [1.165, 1.54) is 14.2 Å². The minimum absolute atomic E-state index is 0.146. The van der Waals surface area contributed by atoms with Crippen molar-refractivity contribution in [1.82, 2.24) is 0 Å². The summed E-state index contributed by atoms with van der Waals surface area (Å²) in [7, 11) is 2.91. The molecule has 0 fully saturated rings. The van der Waals surface area contributed by atoms with Gasteiger partial charge in [-0.25, -0.2) is 4.79 Å². The monoisotopic (exact) mass is 380 g/mol. The Morgan fingerprint density at radius 2 is 1.80 bits per heavy atom. The molecule has 1 atom stereocenters. The normalized spacial score (nSPS) is 16.0. The Morgan fingerprint density at radius 1 is 1.12 bits per heavy atom. The fraction of sp³-hybridized carbons (Fsp3) is 0.222. The molecule has 3 rings (SSSR count). The highest BCUT2D eigenvalue weighted by Gasteiger charge is 2.36. The summed E-state index contributed by atoms with van der Waals surface area (Å²) < 4.78 is 15.8. The highest BCUT2D eigenvalue weighted by atomic mass is 35.5. The van der Waals surface area contributed by atoms with Crippen LogP contribution in [0.2, 0.25) is 10.0 Å². The van der Waals surface area contributed by atoms with Gasteiger partial charge in [0.1, 0.15) is 5.56 Å². The van der Waals surface area contributed by atoms with E-state index in [0.29, 0.717) is 11.3 Å². The van der Waals surface area contributed by atoms with Crippen molar-refractivity contribution >= 4 is 35.0 Å². The molecule has 1 heterocycles. The molecule has 1 aliphatic heterocycles. The number of Topliss-reactive ketones (excluding diaryl/α,β-unsaturated/α-hetero) is 1. The van der Waals surface area contributed by atoms with Gasteiger partial charge in [0.2, 0.25) is 5.78 Å². The zero-order valence-corrected chi connectivity index (χ0v) is 15.0. The van der Waals surface area contributed by atoms with E-state index < -0.39 is 17.9 Å². The van der Waals surface area contributed by atoms with Crippen molar-refractivity contribution in [1.29, 1.82) is 0 Å². The zero-order valence-electron chi connectivity index (χ0n) is 13.5. The molecule has 130 valence electrons. The number of hydrogen-bond donors (Lipinski definition) is 0. The van der Waals surface area contributed by atoms with Crippen LogP contribution in [-0.2, 0) is 11.2 Å². The van der Waals surface area contributed by atoms with Gasteiger partial charge in [0.15, 0.2) is 17.6 Å². The standard InChI is InChI=1S/C18H14Cl2O5/c1-23-12-7-6-9-8-13(25-18(22)14(9)17(12)24-2)16(21)15-10(19)4-3-5-11(15)20/h3-7,13H,8H2,1-2H3. The number of fused-ring (bicyclic) bond motifs is 1. The molecule has 1 unspecified atom stereocenters. The van der Waals surface area contributed by atoms with Gasteiger partial charge in [-0.3, -0.25) is 4.79 Å². The SMILES string of the molecule is COc1ccc2c(c1OC)C(=O)OC(C(=O)c1c(Cl)cccc1Cl)C2. The number of ketones is 1. The smallest absolute Gasteiger partial charge is 0.343 e. The molecular formula is C18H14Cl2O5. The van der Waals surface area contributed by atoms with Gasteiger partial charge in [-0.2, -0.15) is 0 Å². The lowest BCUT2D eigenvalue weighted by molar-refractivity contribution is 0.0243. The Morgan fingerprint density at radius 3 is 2.40 bits per heavy atom. The van der Waals surface area contributed by atoms with Gasteiger partial charge >= 0.3 is 5.97 Å². The number of rotatable bonds is 4. The van der Waals surface area contributed by atoms with Gasteiger partial charge < -0.3 is 14.2 Å². The number of hydrogen-bond acceptors (Lipinski definition) is 5. The maximum Gasteiger partial charge on any atom is 0.343 e. The van der Waals surface area contributed by atoms with E-state index in [1.54, 1.807) is 30.3 Å². The molecule has 1 aliphatic rings. The summed E-state index contributed by atoms with van der Waals surface area (Å²) in [5, 5.41) is 0.429. The Labute approximate surface area is 154 Å². The van der Waals surface area contributed by atoms with Gasteiger partial charge in [-0.1, -0.05) is 35.3 Å². The number of halogens is 2. The summed E-state index contributed by atoms with van der Waals surface area (Å²) >= 11 is 12.2. The molecule has 0 saturated heterocycles. The van der Waals surface area contributed by atoms with Crippen LogP contribution in [-0.4, -0.2) is 32.1 Å². The third-order valence-corrected chi connectivity index (χ3v) is 4.62. The minimum Gasteiger partial charge on any atom is -0.493 e. The van der Waals surface area contributed by atoms with Crippen LogP contribution in [0.5, 0.6) is 11.5 Å². The Hall–Kier alpha value is -2.24. The molecule has 0 bridgehead atoms. The molecule has 0 radical (unpaired) electrons. The van der Waals surface area contributed by atoms with Gasteiger partial charge in [0, 0.05) is 6.42 Å². The first kappa shape index (κ1) is 17.6. The fourth-order valence-corrected chi connectivity index (χ4v) is 3.42. The molecule has 0 saturated carbocycles. The highest BCUT2D eigenvalue weighted by molar-refractivity contribution is 6.40. The molecule has 7 heteroatoms. The molecule has 2 aromatic carbocycles. The molecule has 0 aromatic heterocycles. The lowest BCUT2D eigenvalue weighted by Gasteiger charge is -2.26. The second-order valence-corrected chi connectivity index (χ2v) is 6.21. The van der Waals surface area contributed by atoms with Gasteiger partial charge in [-0.05, 0) is 23.8 Å². The van der Waals surface area contributed by atoms with Gasteiger partial charge in [-0.15, -0.1) is 0 Å². The van der Waals surface area contributed by atoms with Crippen molar-refractivity contribution in [2.24, 2.45) is 0 Å². The first-order valence-corrected chi connectivity index (χ1v) is 8.16. The summed E-state index contributed by atoms with van der Waals surface area (Å²) in [6, 6.07) is 8.16. The third-order valence-electron chi connectivity index (χ3n) is 3.99. The topological polar surface area (TPSA) is 61.8 Å². The van der Waals surface area contributed by atoms with Crippen LogP contribution in [0, 0.1) is 0 Å². The number of cyclic esters (lactones) is 1. The van der Waals surface area contributed by atoms with E-state index in [2.05, 4.69) is 0 Å². The zero-order chi connectivity index (χ0) is 18.1. The van der Waals surface area contributed by atoms with Crippen molar-refractivity contribution in [3.63, 3.8) is 0 Å². The maximum absolute atomic E-state index is 12.8. The fourth-order valence-electron chi connectivity index (χ4n) is 2.83. The van der Waals surface area contributed by atoms with Crippen LogP contribution in [0.25, 0.3) is 0 Å². The van der Waals surface area contributed by atoms with Crippen LogP contribution in [0.1, 0.15) is 26.3 Å². The van der Waals surface area contributed by atoms with Crippen LogP contribution in [0.4, 0.5) is 0 Å². The average molecular weight is 381 g/mol. The summed E-state index contributed by atoms with van der Waals surface area (Å²) in [5.74, 6) is -0.397. The second kappa shape index (κ2) is 6.94. The maximum atomic E-state index is 12.8. The average Bonchev–Trinajstić information content (AvgIpc) is 2.60. The molecule has 0 aliphatic carbocycles. The molecule has 0 spiro atoms. The Bertz CT molecular complexity index is 843. The lowest BCUT2D eigenvalue weighted by atomic mass is 9.93. The predicted octanol–water partition coefficient (Wildman–Crippen LogP) is 3.98. The summed E-state index contributed by atoms with van der Waals surface area (Å²) in [5.41, 5.74) is 1.04. The number of esters is 1. The third kappa shape index (κ3) is 3.05. The molecular weight excluding hydrogens is 367 g/mol. The predicted molar refractivity (Wildman–Crippen MR) is 93.2 cm³/mol. The number of benzene rings is 2. The van der Waals surface area contributed by atoms with Crippen LogP contribution in [0.15, 0.2) is 30.3 Å². The van der Waals surface area contributed by atoms with Crippen molar-refractivity contribution in [2.45, 2.75) is 12.5 Å². The number of ether oxygens (including phenoxy) is 3. The molecule has 25 heavy (non-hydrogen) atoms. The molecule has 5 nitrogen and oxygen atoms in total. The number of carbonyl (C=O) groups is 2. The van der Waals surface area contributed by atoms with E-state index in [1.807, 2.05) is 0 Å². The highest BCUT2D eigenvalue weighted by Crippen LogP contribution is 2.38. The van der Waals surface area contributed by atoms with Crippen LogP contribution >= 0.6 is 23.2 Å². The van der Waals surface area contributed by atoms with E-state index in [-0.39, 0.29) is 33.3 Å². The number of carbonyl (C=O) groups excluding carboxylic acids is 2. The first-order valence-electron chi connectivity index (χ1n) is 7.41. The van der Waals surface area contributed by atoms with E-state index in [9.17, 15) is 9.59 Å². The second-order valence-electron chi connectivity index (χ2n) is 5.39. The van der Waals surface area contributed by atoms with E-state index in [4.69, 9.17) is 37.4 Å². The van der Waals surface area contributed by atoms with Crippen LogP contribution in [0.3, 0.4) is 0 Å². The van der Waals surface area contributed by atoms with Crippen molar-refractivity contribution < 1.29 is 23.8 Å². The minimum atomic E-state index is -1.00. The Balaban J connectivity index is 2.00. The number of methoxy groups -OCH3 is 2. The first-order chi connectivity index (χ1) is 12.0. The van der Waals surface area contributed by atoms with Crippen molar-refractivity contribution in [3.8, 4) is 11.5 Å². The summed E-state index contributed by atoms with van der Waals surface area (Å²) in [4.78, 5) is 25.2. The van der Waals surface area contributed by atoms with Crippen molar-refractivity contribution in [2.75, 3.05) is 14.2 Å². The molecule has 0 amide bonds.